The maximum Gasteiger partial charge on any atom is 0.407 e. The van der Waals surface area contributed by atoms with Crippen LogP contribution in [0.2, 0.25) is 0 Å². The fourth-order valence-electron chi connectivity index (χ4n) is 11.2. The first kappa shape index (κ1) is 40.1. The number of carboxylic acid groups (broad SMARTS) is 1. The van der Waals surface area contributed by atoms with Crippen molar-refractivity contribution in [2.45, 2.75) is 102 Å². The van der Waals surface area contributed by atoms with Crippen LogP contribution in [0.4, 0.5) is 9.59 Å². The third-order valence-corrected chi connectivity index (χ3v) is 14.3. The first-order chi connectivity index (χ1) is 30.1. The van der Waals surface area contributed by atoms with Crippen LogP contribution in [0.1, 0.15) is 93.8 Å². The van der Waals surface area contributed by atoms with Gasteiger partial charge in [-0.05, 0) is 110 Å². The Kier molecular flexibility index (Phi) is 10.4. The number of aryl methyl sites for hydroxylation is 2. The van der Waals surface area contributed by atoms with Gasteiger partial charge in [0.15, 0.2) is 0 Å². The lowest BCUT2D eigenvalue weighted by Crippen LogP contribution is -2.55. The van der Waals surface area contributed by atoms with Crippen LogP contribution in [0.5, 0.6) is 0 Å². The average molecular weight is 843 g/mol. The van der Waals surface area contributed by atoms with Crippen LogP contribution >= 0.6 is 0 Å². The number of nitrogens with one attached hydrogen (secondary N) is 4. The number of nitrogens with zero attached hydrogens (tertiary/aromatic N) is 4. The number of ether oxygens (including phenoxy) is 2. The zero-order valence-corrected chi connectivity index (χ0v) is 35.4. The normalized spacial score (nSPS) is 23.1. The number of amides is 4. The molecule has 5 aliphatic rings. The first-order valence-corrected chi connectivity index (χ1v) is 22.3. The number of H-pyrrole nitrogens is 2. The highest BCUT2D eigenvalue weighted by molar-refractivity contribution is 6.05. The second kappa shape index (κ2) is 16.1. The molecular formula is C47H54N8O7. The van der Waals surface area contributed by atoms with Crippen molar-refractivity contribution >= 4 is 45.8 Å². The largest absolute Gasteiger partial charge is 0.465 e. The van der Waals surface area contributed by atoms with E-state index in [-0.39, 0.29) is 47.7 Å². The summed E-state index contributed by atoms with van der Waals surface area (Å²) in [5, 5.41) is 17.2. The van der Waals surface area contributed by atoms with Gasteiger partial charge >= 0.3 is 12.2 Å². The van der Waals surface area contributed by atoms with Gasteiger partial charge in [-0.25, -0.2) is 19.6 Å². The molecule has 15 heteroatoms. The van der Waals surface area contributed by atoms with Crippen molar-refractivity contribution in [3.8, 4) is 22.4 Å². The van der Waals surface area contributed by atoms with E-state index in [1.807, 2.05) is 23.6 Å². The summed E-state index contributed by atoms with van der Waals surface area (Å²) in [5.41, 5.74) is 8.31. The van der Waals surface area contributed by atoms with Gasteiger partial charge < -0.3 is 45.0 Å². The van der Waals surface area contributed by atoms with Crippen molar-refractivity contribution in [2.75, 3.05) is 26.9 Å². The number of likely N-dealkylation sites (tertiary alicyclic amines) is 2. The Morgan fingerprint density at radius 2 is 1.69 bits per heavy atom. The number of carbonyl (C=O) groups is 4. The zero-order valence-electron chi connectivity index (χ0n) is 35.4. The number of benzene rings is 3. The van der Waals surface area contributed by atoms with Crippen LogP contribution in [0.25, 0.3) is 44.2 Å². The number of aromatic amines is 2. The monoisotopic (exact) mass is 842 g/mol. The first-order valence-electron chi connectivity index (χ1n) is 22.3. The van der Waals surface area contributed by atoms with E-state index in [1.54, 1.807) is 0 Å². The Bertz CT molecular complexity index is 2580. The number of aromatic nitrogens is 4. The van der Waals surface area contributed by atoms with E-state index in [1.165, 1.54) is 12.7 Å². The smallest absolute Gasteiger partial charge is 0.407 e. The Morgan fingerprint density at radius 1 is 0.887 bits per heavy atom. The molecule has 3 aliphatic heterocycles. The number of hydrogen-bond donors (Lipinski definition) is 5. The van der Waals surface area contributed by atoms with Gasteiger partial charge in [0.05, 0.1) is 35.9 Å². The van der Waals surface area contributed by atoms with Crippen LogP contribution in [0.15, 0.2) is 48.5 Å². The molecule has 3 saturated heterocycles. The van der Waals surface area contributed by atoms with E-state index < -0.39 is 24.3 Å². The lowest BCUT2D eigenvalue weighted by molar-refractivity contribution is -0.140. The molecule has 5 heterocycles. The maximum atomic E-state index is 14.4. The minimum absolute atomic E-state index is 0.0784. The molecule has 62 heavy (non-hydrogen) atoms. The third kappa shape index (κ3) is 7.03. The number of piperidine rings is 1. The summed E-state index contributed by atoms with van der Waals surface area (Å²) in [7, 11) is 1.30. The Hall–Kier alpha value is -5.96. The predicted molar refractivity (Wildman–Crippen MR) is 231 cm³/mol. The van der Waals surface area contributed by atoms with Crippen LogP contribution < -0.4 is 10.6 Å². The van der Waals surface area contributed by atoms with Gasteiger partial charge in [-0.15, -0.1) is 0 Å². The van der Waals surface area contributed by atoms with Crippen molar-refractivity contribution in [1.82, 2.24) is 40.4 Å². The van der Waals surface area contributed by atoms with Gasteiger partial charge in [0, 0.05) is 42.4 Å². The molecule has 0 unspecified atom stereocenters. The van der Waals surface area contributed by atoms with Gasteiger partial charge in [-0.1, -0.05) is 50.2 Å². The van der Waals surface area contributed by atoms with Crippen LogP contribution in [0, 0.1) is 17.8 Å². The molecule has 5 aromatic rings. The summed E-state index contributed by atoms with van der Waals surface area (Å²) >= 11 is 0. The molecule has 0 radical (unpaired) electrons. The third-order valence-electron chi connectivity index (χ3n) is 14.3. The number of hydrogen-bond acceptors (Lipinski definition) is 8. The number of methoxy groups -OCH3 is 1. The van der Waals surface area contributed by atoms with Crippen molar-refractivity contribution in [3.63, 3.8) is 0 Å². The van der Waals surface area contributed by atoms with Gasteiger partial charge in [0.2, 0.25) is 11.8 Å². The molecule has 4 fully saturated rings. The van der Waals surface area contributed by atoms with Crippen LogP contribution in [0.3, 0.4) is 0 Å². The highest BCUT2D eigenvalue weighted by Gasteiger charge is 2.52. The lowest BCUT2D eigenvalue weighted by Gasteiger charge is -2.39. The van der Waals surface area contributed by atoms with Crippen molar-refractivity contribution in [2.24, 2.45) is 17.8 Å². The summed E-state index contributed by atoms with van der Waals surface area (Å²) in [5.74, 6) is 1.33. The van der Waals surface area contributed by atoms with Gasteiger partial charge in [0.25, 0.3) is 0 Å². The minimum atomic E-state index is -1.18. The molecule has 5 N–H and O–H groups in total. The fraction of sp³-hybridized carbons (Fsp3) is 0.489. The number of rotatable bonds is 9. The van der Waals surface area contributed by atoms with E-state index >= 15 is 0 Å². The quantitative estimate of drug-likeness (QED) is 0.104. The number of fused-ring (bicyclic) bond motifs is 8. The van der Waals surface area contributed by atoms with Gasteiger partial charge in [0.1, 0.15) is 23.7 Å². The molecular weight excluding hydrogens is 789 g/mol. The Labute approximate surface area is 359 Å². The van der Waals surface area contributed by atoms with Crippen LogP contribution in [-0.2, 0) is 31.9 Å². The average Bonchev–Trinajstić information content (AvgIpc) is 4.14. The van der Waals surface area contributed by atoms with Crippen molar-refractivity contribution in [1.29, 1.82) is 0 Å². The second-order valence-corrected chi connectivity index (χ2v) is 18.2. The summed E-state index contributed by atoms with van der Waals surface area (Å²) in [6.45, 7) is 5.47. The molecule has 2 bridgehead atoms. The zero-order chi connectivity index (χ0) is 42.8. The number of alkyl carbamates (subject to hydrolysis) is 1. The summed E-state index contributed by atoms with van der Waals surface area (Å²) in [6, 6.07) is 15.4. The van der Waals surface area contributed by atoms with E-state index in [2.05, 4.69) is 69.1 Å². The highest BCUT2D eigenvalue weighted by Crippen LogP contribution is 2.51. The van der Waals surface area contributed by atoms with Crippen molar-refractivity contribution in [3.05, 3.63) is 71.4 Å². The molecule has 3 aromatic carbocycles. The molecule has 0 spiro atoms. The standard InChI is InChI=1S/C47H54N8O7/c1-24(2)37(53-47(60)61-3)44(56)54-18-4-5-36(54)42-48-34-14-9-28-21-26(7-12-32(28)39(34)50-42)27-8-13-33-29(22-27)10-15-35-40(33)51-43(49-35)41-30-6-11-31(23-30)55(41)45(57)38(52-46(58)59)25-16-19-62-20-17-25/h7-9,12-14,21-22,24-25,30-31,36-38,41,52H,4-6,10-11,15-20,23H2,1-3H3,(H,48,50)(H,49,51)(H,53,60)(H,58,59)/t30-,31+,36-,37-,38-,41-/m0/s1. The Balaban J connectivity index is 0.897. The van der Waals surface area contributed by atoms with Crippen LogP contribution in [-0.4, -0.2) is 104 Å². The molecule has 2 aliphatic carbocycles. The number of carbonyl (C=O) groups excluding carboxylic acids is 3. The van der Waals surface area contributed by atoms with E-state index in [4.69, 9.17) is 19.4 Å². The molecule has 1 saturated carbocycles. The van der Waals surface area contributed by atoms with E-state index in [9.17, 15) is 24.3 Å². The molecule has 324 valence electrons. The molecule has 2 aromatic heterocycles. The molecule has 4 amide bonds. The molecule has 15 nitrogen and oxygen atoms in total. The summed E-state index contributed by atoms with van der Waals surface area (Å²) in [6.07, 6.45) is 5.63. The molecule has 6 atom stereocenters. The van der Waals surface area contributed by atoms with Gasteiger partial charge in [-0.3, -0.25) is 9.59 Å². The van der Waals surface area contributed by atoms with Crippen molar-refractivity contribution < 1.29 is 33.8 Å². The molecule has 10 rings (SSSR count). The Morgan fingerprint density at radius 3 is 2.48 bits per heavy atom. The minimum Gasteiger partial charge on any atom is -0.465 e. The van der Waals surface area contributed by atoms with Gasteiger partial charge in [-0.2, -0.15) is 0 Å². The summed E-state index contributed by atoms with van der Waals surface area (Å²) < 4.78 is 10.3. The summed E-state index contributed by atoms with van der Waals surface area (Å²) in [4.78, 5) is 73.4. The topological polar surface area (TPSA) is 195 Å². The highest BCUT2D eigenvalue weighted by atomic mass is 16.5. The second-order valence-electron chi connectivity index (χ2n) is 18.2. The lowest BCUT2D eigenvalue weighted by atomic mass is 9.89. The van der Waals surface area contributed by atoms with E-state index in [0.29, 0.717) is 32.6 Å². The van der Waals surface area contributed by atoms with E-state index in [0.717, 1.165) is 106 Å². The number of imidazole rings is 2. The predicted octanol–water partition coefficient (Wildman–Crippen LogP) is 7.03. The fourth-order valence-corrected chi connectivity index (χ4v) is 11.2. The SMILES string of the molecule is COC(=O)N[C@H](C(=O)N1CCC[C@H]1c1nc2c(ccc3cc(-c4ccc5c(c4)CCc4[nH]c([C@@H]6[C@H]7CC[C@H](C7)N6C(=O)[C@@H](NC(=O)O)C6CCOCC6)nc4-5)ccc32)[nH]1)C(C)C. The maximum absolute atomic E-state index is 14.4.